The Morgan fingerprint density at radius 3 is 2.89 bits per heavy atom. The summed E-state index contributed by atoms with van der Waals surface area (Å²) in [5.41, 5.74) is 0.567. The smallest absolute Gasteiger partial charge is 0.225 e. The molecule has 0 radical (unpaired) electrons. The standard InChI is InChI=1S/C18H21ClN4O4S/c1-20-8-12(11-28(24)25)10-27-15-6-2-5-14-16(15)22-18(19)23-17(14)21-9-13-4-3-7-26-13/h2-7,12,20H,8-11H2,1H3,(H,24,25)(H,21,22,23). The van der Waals surface area contributed by atoms with Gasteiger partial charge in [0.15, 0.2) is 11.1 Å². The molecule has 3 N–H and O–H groups in total. The van der Waals surface area contributed by atoms with Crippen LogP contribution in [0.25, 0.3) is 10.9 Å². The lowest BCUT2D eigenvalue weighted by Crippen LogP contribution is -2.29. The molecule has 0 fully saturated rings. The third-order valence-corrected chi connectivity index (χ3v) is 4.94. The highest BCUT2D eigenvalue weighted by atomic mass is 35.5. The van der Waals surface area contributed by atoms with Crippen molar-refractivity contribution in [3.63, 3.8) is 0 Å². The Kier molecular flexibility index (Phi) is 7.21. The highest BCUT2D eigenvalue weighted by Crippen LogP contribution is 2.30. The van der Waals surface area contributed by atoms with Gasteiger partial charge < -0.3 is 24.3 Å². The Morgan fingerprint density at radius 2 is 2.18 bits per heavy atom. The van der Waals surface area contributed by atoms with Crippen LogP contribution in [0.3, 0.4) is 0 Å². The highest BCUT2D eigenvalue weighted by Gasteiger charge is 2.15. The van der Waals surface area contributed by atoms with Crippen molar-refractivity contribution >= 4 is 39.4 Å². The maximum absolute atomic E-state index is 11.1. The van der Waals surface area contributed by atoms with E-state index in [1.807, 2.05) is 24.3 Å². The minimum Gasteiger partial charge on any atom is -0.491 e. The molecule has 0 spiro atoms. The van der Waals surface area contributed by atoms with Crippen molar-refractivity contribution in [2.75, 3.05) is 31.3 Å². The second-order valence-corrected chi connectivity index (χ2v) is 7.46. The number of benzene rings is 1. The van der Waals surface area contributed by atoms with Gasteiger partial charge in [-0.05, 0) is 42.9 Å². The van der Waals surface area contributed by atoms with Crippen LogP contribution >= 0.6 is 11.6 Å². The van der Waals surface area contributed by atoms with Crippen molar-refractivity contribution in [2.24, 2.45) is 5.92 Å². The Bertz CT molecular complexity index is 939. The molecule has 2 unspecified atom stereocenters. The normalized spacial score (nSPS) is 13.4. The number of anilines is 1. The predicted octanol–water partition coefficient (Wildman–Crippen LogP) is 2.92. The van der Waals surface area contributed by atoms with Crippen LogP contribution in [0, 0.1) is 5.92 Å². The summed E-state index contributed by atoms with van der Waals surface area (Å²) in [6.45, 7) is 1.28. The monoisotopic (exact) mass is 424 g/mol. The van der Waals surface area contributed by atoms with Gasteiger partial charge in [0.05, 0.1) is 25.2 Å². The summed E-state index contributed by atoms with van der Waals surface area (Å²) in [4.78, 5) is 8.58. The zero-order chi connectivity index (χ0) is 19.9. The molecule has 0 aliphatic heterocycles. The number of rotatable bonds is 10. The minimum absolute atomic E-state index is 0.0914. The van der Waals surface area contributed by atoms with Gasteiger partial charge in [-0.3, -0.25) is 0 Å². The van der Waals surface area contributed by atoms with Crippen molar-refractivity contribution in [2.45, 2.75) is 6.54 Å². The summed E-state index contributed by atoms with van der Waals surface area (Å²) in [5, 5.41) is 7.05. The molecular formula is C18H21ClN4O4S. The first kappa shape index (κ1) is 20.5. The van der Waals surface area contributed by atoms with Gasteiger partial charge in [0.25, 0.3) is 0 Å². The van der Waals surface area contributed by atoms with Crippen molar-refractivity contribution < 1.29 is 17.9 Å². The number of para-hydroxylation sites is 1. The van der Waals surface area contributed by atoms with E-state index in [1.54, 1.807) is 19.4 Å². The lowest BCUT2D eigenvalue weighted by atomic mass is 10.2. The molecule has 150 valence electrons. The van der Waals surface area contributed by atoms with Gasteiger partial charge in [-0.15, -0.1) is 0 Å². The Balaban J connectivity index is 1.82. The fourth-order valence-corrected chi connectivity index (χ4v) is 3.58. The average molecular weight is 425 g/mol. The van der Waals surface area contributed by atoms with Crippen LogP contribution in [0.4, 0.5) is 5.82 Å². The fraction of sp³-hybridized carbons (Fsp3) is 0.333. The zero-order valence-corrected chi connectivity index (χ0v) is 16.8. The van der Waals surface area contributed by atoms with E-state index < -0.39 is 11.1 Å². The molecule has 1 aromatic carbocycles. The quantitative estimate of drug-likeness (QED) is 0.336. The molecule has 0 saturated heterocycles. The maximum Gasteiger partial charge on any atom is 0.225 e. The predicted molar refractivity (Wildman–Crippen MR) is 109 cm³/mol. The molecule has 0 saturated carbocycles. The van der Waals surface area contributed by atoms with Crippen LogP contribution < -0.4 is 15.4 Å². The number of aromatic nitrogens is 2. The molecule has 28 heavy (non-hydrogen) atoms. The first-order valence-electron chi connectivity index (χ1n) is 8.64. The molecule has 0 aliphatic carbocycles. The lowest BCUT2D eigenvalue weighted by molar-refractivity contribution is 0.261. The topological polar surface area (TPSA) is 110 Å². The first-order chi connectivity index (χ1) is 13.6. The summed E-state index contributed by atoms with van der Waals surface area (Å²) in [6.07, 6.45) is 1.61. The van der Waals surface area contributed by atoms with Gasteiger partial charge in [0.1, 0.15) is 22.8 Å². The second kappa shape index (κ2) is 9.83. The average Bonchev–Trinajstić information content (AvgIpc) is 3.17. The van der Waals surface area contributed by atoms with Crippen molar-refractivity contribution in [1.82, 2.24) is 15.3 Å². The molecular weight excluding hydrogens is 404 g/mol. The SMILES string of the molecule is CNCC(COc1cccc2c(NCc3ccco3)nc(Cl)nc12)CS(=O)O. The van der Waals surface area contributed by atoms with E-state index in [2.05, 4.69) is 20.6 Å². The minimum atomic E-state index is -1.89. The van der Waals surface area contributed by atoms with E-state index in [-0.39, 0.29) is 23.6 Å². The van der Waals surface area contributed by atoms with E-state index in [0.29, 0.717) is 30.2 Å². The van der Waals surface area contributed by atoms with Crippen molar-refractivity contribution in [3.8, 4) is 5.75 Å². The summed E-state index contributed by atoms with van der Waals surface area (Å²) >= 11 is 4.22. The summed E-state index contributed by atoms with van der Waals surface area (Å²) in [5.74, 6) is 1.87. The number of nitrogens with zero attached hydrogens (tertiary/aromatic N) is 2. The van der Waals surface area contributed by atoms with Crippen LogP contribution in [0.5, 0.6) is 5.75 Å². The molecule has 3 aromatic rings. The zero-order valence-electron chi connectivity index (χ0n) is 15.2. The number of hydrogen-bond donors (Lipinski definition) is 3. The second-order valence-electron chi connectivity index (χ2n) is 6.15. The Hall–Kier alpha value is -2.20. The van der Waals surface area contributed by atoms with Gasteiger partial charge in [0.2, 0.25) is 5.28 Å². The number of ether oxygens (including phenoxy) is 1. The van der Waals surface area contributed by atoms with E-state index in [4.69, 9.17) is 25.3 Å². The number of halogens is 1. The lowest BCUT2D eigenvalue weighted by Gasteiger charge is -2.17. The van der Waals surface area contributed by atoms with E-state index >= 15 is 0 Å². The van der Waals surface area contributed by atoms with Gasteiger partial charge in [-0.1, -0.05) is 6.07 Å². The molecule has 8 nitrogen and oxygen atoms in total. The van der Waals surface area contributed by atoms with Crippen molar-refractivity contribution in [1.29, 1.82) is 0 Å². The molecule has 3 rings (SSSR count). The number of nitrogens with one attached hydrogen (secondary N) is 2. The molecule has 2 aromatic heterocycles. The van der Waals surface area contributed by atoms with Gasteiger partial charge >= 0.3 is 0 Å². The van der Waals surface area contributed by atoms with Gasteiger partial charge in [-0.25, -0.2) is 14.2 Å². The van der Waals surface area contributed by atoms with E-state index in [9.17, 15) is 4.21 Å². The van der Waals surface area contributed by atoms with Gasteiger partial charge in [-0.2, -0.15) is 0 Å². The third-order valence-electron chi connectivity index (χ3n) is 4.02. The van der Waals surface area contributed by atoms with Gasteiger partial charge in [0, 0.05) is 17.8 Å². The molecule has 2 heterocycles. The summed E-state index contributed by atoms with van der Waals surface area (Å²) < 4.78 is 31.5. The molecule has 0 aliphatic rings. The van der Waals surface area contributed by atoms with E-state index in [0.717, 1.165) is 11.1 Å². The van der Waals surface area contributed by atoms with Crippen LogP contribution in [0.15, 0.2) is 41.0 Å². The summed E-state index contributed by atoms with van der Waals surface area (Å²) in [7, 11) is 1.79. The first-order valence-corrected chi connectivity index (χ1v) is 10.3. The van der Waals surface area contributed by atoms with Crippen LogP contribution in [0.2, 0.25) is 5.28 Å². The van der Waals surface area contributed by atoms with E-state index in [1.165, 1.54) is 0 Å². The largest absolute Gasteiger partial charge is 0.491 e. The number of fused-ring (bicyclic) bond motifs is 1. The van der Waals surface area contributed by atoms with Crippen LogP contribution in [-0.2, 0) is 17.6 Å². The highest BCUT2D eigenvalue weighted by molar-refractivity contribution is 7.79. The Labute approximate surface area is 169 Å². The van der Waals surface area contributed by atoms with Crippen LogP contribution in [-0.4, -0.2) is 44.7 Å². The molecule has 2 atom stereocenters. The maximum atomic E-state index is 11.1. The number of furan rings is 1. The number of hydrogen-bond acceptors (Lipinski definition) is 7. The molecule has 10 heteroatoms. The molecule has 0 bridgehead atoms. The fourth-order valence-electron chi connectivity index (χ4n) is 2.80. The summed E-state index contributed by atoms with van der Waals surface area (Å²) in [6, 6.07) is 9.17. The molecule has 0 amide bonds. The third kappa shape index (κ3) is 5.41. The van der Waals surface area contributed by atoms with Crippen molar-refractivity contribution in [3.05, 3.63) is 47.6 Å². The van der Waals surface area contributed by atoms with Crippen LogP contribution in [0.1, 0.15) is 5.76 Å². The Morgan fingerprint density at radius 1 is 1.32 bits per heavy atom.